The highest BCUT2D eigenvalue weighted by molar-refractivity contribution is 5.66. The van der Waals surface area contributed by atoms with E-state index < -0.39 is 0 Å². The number of nitrogens with zero attached hydrogens (tertiary/aromatic N) is 6. The Morgan fingerprint density at radius 3 is 2.81 bits per heavy atom. The van der Waals surface area contributed by atoms with E-state index in [1.54, 1.807) is 13.4 Å². The topological polar surface area (TPSA) is 91.4 Å². The van der Waals surface area contributed by atoms with Crippen molar-refractivity contribution in [1.82, 2.24) is 29.1 Å². The van der Waals surface area contributed by atoms with Gasteiger partial charge < -0.3 is 14.8 Å². The van der Waals surface area contributed by atoms with Gasteiger partial charge in [0.2, 0.25) is 0 Å². The number of fused-ring (bicyclic) bond motifs is 2. The molecule has 1 N–H and O–H groups in total. The molecule has 1 aliphatic heterocycles. The maximum absolute atomic E-state index is 5.69. The molecule has 0 saturated heterocycles. The van der Waals surface area contributed by atoms with Gasteiger partial charge in [-0.25, -0.2) is 15.0 Å². The third-order valence-corrected chi connectivity index (χ3v) is 6.44. The molecule has 0 aliphatic carbocycles. The van der Waals surface area contributed by atoms with Crippen molar-refractivity contribution in [2.75, 3.05) is 25.6 Å². The molecule has 1 aromatic carbocycles. The van der Waals surface area contributed by atoms with Gasteiger partial charge in [0.05, 0.1) is 30.4 Å². The first-order chi connectivity index (χ1) is 17.8. The molecule has 0 fully saturated rings. The summed E-state index contributed by atoms with van der Waals surface area (Å²) in [5.41, 5.74) is 7.45. The monoisotopic (exact) mass is 481 g/mol. The first kappa shape index (κ1) is 22.2. The second-order valence-electron chi connectivity index (χ2n) is 8.75. The van der Waals surface area contributed by atoms with Crippen LogP contribution in [0.4, 0.5) is 5.82 Å². The summed E-state index contributed by atoms with van der Waals surface area (Å²) in [4.78, 5) is 13.4. The molecule has 182 valence electrons. The van der Waals surface area contributed by atoms with Gasteiger partial charge in [0, 0.05) is 49.8 Å². The van der Waals surface area contributed by atoms with E-state index in [9.17, 15) is 0 Å². The number of hydrogen-bond donors (Lipinski definition) is 1. The molecule has 0 unspecified atom stereocenters. The zero-order valence-electron chi connectivity index (χ0n) is 20.1. The van der Waals surface area contributed by atoms with E-state index in [0.29, 0.717) is 19.8 Å². The fraction of sp³-hybridized carbons (Fsp3) is 0.259. The van der Waals surface area contributed by atoms with E-state index in [2.05, 4.69) is 54.3 Å². The van der Waals surface area contributed by atoms with E-state index in [0.717, 1.165) is 41.6 Å². The van der Waals surface area contributed by atoms with Crippen molar-refractivity contribution in [2.45, 2.75) is 25.9 Å². The van der Waals surface area contributed by atoms with Crippen LogP contribution in [-0.4, -0.2) is 49.5 Å². The molecule has 6 rings (SSSR count). The Balaban J connectivity index is 1.14. The molecular formula is C27H27N7O2. The van der Waals surface area contributed by atoms with Crippen LogP contribution < -0.4 is 10.1 Å². The normalized spacial score (nSPS) is 12.7. The molecule has 36 heavy (non-hydrogen) atoms. The summed E-state index contributed by atoms with van der Waals surface area (Å²) < 4.78 is 14.8. The van der Waals surface area contributed by atoms with Gasteiger partial charge in [-0.3, -0.25) is 9.08 Å². The lowest BCUT2D eigenvalue weighted by Crippen LogP contribution is -2.04. The zero-order chi connectivity index (χ0) is 24.3. The highest BCUT2D eigenvalue weighted by atomic mass is 16.5. The first-order valence-corrected chi connectivity index (χ1v) is 12.1. The first-order valence-electron chi connectivity index (χ1n) is 12.1. The Bertz CT molecular complexity index is 1490. The van der Waals surface area contributed by atoms with E-state index in [1.807, 2.05) is 41.2 Å². The third kappa shape index (κ3) is 4.40. The van der Waals surface area contributed by atoms with Crippen molar-refractivity contribution < 1.29 is 9.47 Å². The molecule has 5 aromatic rings. The molecule has 0 amide bonds. The van der Waals surface area contributed by atoms with Gasteiger partial charge in [-0.05, 0) is 30.0 Å². The molecule has 0 atom stereocenters. The fourth-order valence-corrected chi connectivity index (χ4v) is 4.58. The molecule has 0 spiro atoms. The summed E-state index contributed by atoms with van der Waals surface area (Å²) >= 11 is 0. The van der Waals surface area contributed by atoms with Gasteiger partial charge in [0.25, 0.3) is 0 Å². The van der Waals surface area contributed by atoms with Crippen LogP contribution in [0.5, 0.6) is 5.75 Å². The summed E-state index contributed by atoms with van der Waals surface area (Å²) in [6, 6.07) is 14.4. The lowest BCUT2D eigenvalue weighted by Gasteiger charge is -2.09. The van der Waals surface area contributed by atoms with Gasteiger partial charge in [0.1, 0.15) is 30.1 Å². The number of nitrogens with one attached hydrogen (secondary N) is 1. The van der Waals surface area contributed by atoms with Gasteiger partial charge >= 0.3 is 0 Å². The van der Waals surface area contributed by atoms with Gasteiger partial charge in [0.15, 0.2) is 0 Å². The Labute approximate surface area is 208 Å². The standard InChI is InChI=1S/C27H27N7O2/c1-35-11-12-36-21-8-10-33-25(17-29-27(33)13-21)23-14-26(31-18-30-23)28-15-19-4-6-20(7-5-19)22-16-32-34-9-2-3-24(22)34/h4-8,10,13-14,16-18H,2-3,9,11-12,15H2,1H3,(H,28,30,31). The zero-order valence-corrected chi connectivity index (χ0v) is 20.1. The second kappa shape index (κ2) is 9.79. The molecule has 0 saturated carbocycles. The number of imidazole rings is 1. The van der Waals surface area contributed by atoms with Crippen LogP contribution in [0.25, 0.3) is 28.2 Å². The van der Waals surface area contributed by atoms with Crippen LogP contribution in [0, 0.1) is 0 Å². The Morgan fingerprint density at radius 1 is 1.00 bits per heavy atom. The van der Waals surface area contributed by atoms with Crippen molar-refractivity contribution in [3.05, 3.63) is 78.6 Å². The van der Waals surface area contributed by atoms with E-state index in [-0.39, 0.29) is 0 Å². The summed E-state index contributed by atoms with van der Waals surface area (Å²) in [7, 11) is 1.65. The second-order valence-corrected chi connectivity index (χ2v) is 8.75. The molecule has 0 radical (unpaired) electrons. The van der Waals surface area contributed by atoms with Crippen LogP contribution in [-0.2, 0) is 24.2 Å². The average molecular weight is 482 g/mol. The van der Waals surface area contributed by atoms with Gasteiger partial charge in [-0.15, -0.1) is 0 Å². The van der Waals surface area contributed by atoms with E-state index >= 15 is 0 Å². The number of ether oxygens (including phenoxy) is 2. The van der Waals surface area contributed by atoms with Crippen LogP contribution in [0.1, 0.15) is 17.7 Å². The van der Waals surface area contributed by atoms with Crippen LogP contribution in [0.3, 0.4) is 0 Å². The number of aromatic nitrogens is 6. The number of pyridine rings is 1. The molecule has 1 aliphatic rings. The van der Waals surface area contributed by atoms with E-state index in [4.69, 9.17) is 9.47 Å². The van der Waals surface area contributed by atoms with Crippen LogP contribution in [0.2, 0.25) is 0 Å². The number of methoxy groups -OCH3 is 1. The highest BCUT2D eigenvalue weighted by Crippen LogP contribution is 2.28. The maximum Gasteiger partial charge on any atom is 0.140 e. The lowest BCUT2D eigenvalue weighted by molar-refractivity contribution is 0.146. The SMILES string of the molecule is COCCOc1ccn2c(-c3cc(NCc4ccc(-c5cnn6c5CCC6)cc4)ncn3)cnc2c1. The fourth-order valence-electron chi connectivity index (χ4n) is 4.58. The minimum atomic E-state index is 0.496. The largest absolute Gasteiger partial charge is 0.491 e. The maximum atomic E-state index is 5.69. The molecule has 0 bridgehead atoms. The summed E-state index contributed by atoms with van der Waals surface area (Å²) in [6.07, 6.45) is 9.59. The van der Waals surface area contributed by atoms with Crippen molar-refractivity contribution in [2.24, 2.45) is 0 Å². The highest BCUT2D eigenvalue weighted by Gasteiger charge is 2.17. The Kier molecular flexibility index (Phi) is 6.05. The van der Waals surface area contributed by atoms with Crippen molar-refractivity contribution in [3.63, 3.8) is 0 Å². The third-order valence-electron chi connectivity index (χ3n) is 6.44. The van der Waals surface area contributed by atoms with Crippen LogP contribution >= 0.6 is 0 Å². The van der Waals surface area contributed by atoms with E-state index in [1.165, 1.54) is 28.8 Å². The number of benzene rings is 1. The Morgan fingerprint density at radius 2 is 1.92 bits per heavy atom. The van der Waals surface area contributed by atoms with Crippen molar-refractivity contribution >= 4 is 11.5 Å². The number of hydrogen-bond acceptors (Lipinski definition) is 7. The van der Waals surface area contributed by atoms with Crippen molar-refractivity contribution in [3.8, 4) is 28.3 Å². The average Bonchev–Trinajstić information content (AvgIpc) is 3.64. The van der Waals surface area contributed by atoms with Crippen LogP contribution in [0.15, 0.2) is 67.4 Å². The number of anilines is 1. The summed E-state index contributed by atoms with van der Waals surface area (Å²) in [5, 5.41) is 7.93. The number of rotatable bonds is 9. The lowest BCUT2D eigenvalue weighted by atomic mass is 10.0. The van der Waals surface area contributed by atoms with Crippen molar-refractivity contribution in [1.29, 1.82) is 0 Å². The molecular weight excluding hydrogens is 454 g/mol. The smallest absolute Gasteiger partial charge is 0.140 e. The summed E-state index contributed by atoms with van der Waals surface area (Å²) in [5.74, 6) is 1.51. The minimum absolute atomic E-state index is 0.496. The predicted molar refractivity (Wildman–Crippen MR) is 137 cm³/mol. The molecule has 9 heteroatoms. The molecule has 5 heterocycles. The summed E-state index contributed by atoms with van der Waals surface area (Å²) in [6.45, 7) is 2.73. The number of aryl methyl sites for hydroxylation is 1. The minimum Gasteiger partial charge on any atom is -0.491 e. The molecule has 4 aromatic heterocycles. The van der Waals surface area contributed by atoms with Gasteiger partial charge in [-0.1, -0.05) is 24.3 Å². The molecule has 9 nitrogen and oxygen atoms in total. The quantitative estimate of drug-likeness (QED) is 0.315. The predicted octanol–water partition coefficient (Wildman–Crippen LogP) is 4.24. The van der Waals surface area contributed by atoms with Gasteiger partial charge in [-0.2, -0.15) is 5.10 Å². The Hall–Kier alpha value is -4.24.